The number of carbonyl (C=O) groups is 1. The number of benzene rings is 1. The van der Waals surface area contributed by atoms with E-state index in [-0.39, 0.29) is 16.9 Å². The minimum Gasteiger partial charge on any atom is -0.464 e. The van der Waals surface area contributed by atoms with Crippen LogP contribution >= 0.6 is 22.6 Å². The van der Waals surface area contributed by atoms with Crippen molar-refractivity contribution in [1.29, 1.82) is 5.26 Å². The molecule has 5 nitrogen and oxygen atoms in total. The predicted molar refractivity (Wildman–Crippen MR) is 78.9 cm³/mol. The number of ether oxygens (including phenoxy) is 1. The summed E-state index contributed by atoms with van der Waals surface area (Å²) in [5.74, 6) is -1.05. The molecule has 20 heavy (non-hydrogen) atoms. The zero-order chi connectivity index (χ0) is 14.9. The van der Waals surface area contributed by atoms with Crippen LogP contribution in [0.4, 0.5) is 10.1 Å². The van der Waals surface area contributed by atoms with Gasteiger partial charge in [0, 0.05) is 9.77 Å². The van der Waals surface area contributed by atoms with E-state index in [1.807, 2.05) is 28.7 Å². The highest BCUT2D eigenvalue weighted by Gasteiger charge is 2.22. The zero-order valence-electron chi connectivity index (χ0n) is 10.4. The van der Waals surface area contributed by atoms with E-state index in [2.05, 4.69) is 4.74 Å². The Bertz CT molecular complexity index is 734. The van der Waals surface area contributed by atoms with Crippen molar-refractivity contribution in [1.82, 2.24) is 4.57 Å². The highest BCUT2D eigenvalue weighted by molar-refractivity contribution is 14.1. The number of nitrogens with two attached hydrogens (primary N) is 1. The molecular formula is C13H9FIN3O2. The number of nitrogens with zero attached hydrogens (tertiary/aromatic N) is 2. The highest BCUT2D eigenvalue weighted by atomic mass is 127. The maximum absolute atomic E-state index is 13.2. The van der Waals surface area contributed by atoms with Crippen LogP contribution < -0.4 is 5.73 Å². The molecule has 0 spiro atoms. The molecule has 0 saturated carbocycles. The second-order valence-electron chi connectivity index (χ2n) is 3.87. The molecule has 2 rings (SSSR count). The maximum Gasteiger partial charge on any atom is 0.357 e. The molecule has 1 heterocycles. The highest BCUT2D eigenvalue weighted by Crippen LogP contribution is 2.27. The average molecular weight is 385 g/mol. The van der Waals surface area contributed by atoms with Crippen LogP contribution in [0, 0.1) is 20.7 Å². The number of aromatic nitrogens is 1. The van der Waals surface area contributed by atoms with E-state index in [0.717, 1.165) is 0 Å². The van der Waals surface area contributed by atoms with Gasteiger partial charge in [-0.15, -0.1) is 0 Å². The number of nitriles is 1. The average Bonchev–Trinajstić information content (AvgIpc) is 2.74. The molecule has 0 fully saturated rings. The summed E-state index contributed by atoms with van der Waals surface area (Å²) in [5.41, 5.74) is 6.58. The third kappa shape index (κ3) is 2.34. The number of anilines is 1. The summed E-state index contributed by atoms with van der Waals surface area (Å²) < 4.78 is 19.8. The van der Waals surface area contributed by atoms with Crippen LogP contribution in [-0.4, -0.2) is 17.6 Å². The largest absolute Gasteiger partial charge is 0.464 e. The van der Waals surface area contributed by atoms with Gasteiger partial charge in [0.2, 0.25) is 0 Å². The minimum absolute atomic E-state index is 0.0412. The second kappa shape index (κ2) is 5.50. The minimum atomic E-state index is -0.663. The van der Waals surface area contributed by atoms with Gasteiger partial charge in [-0.2, -0.15) is 5.26 Å². The Balaban J connectivity index is 2.74. The number of hydrogen-bond donors (Lipinski definition) is 1. The molecule has 0 aliphatic heterocycles. The number of esters is 1. The van der Waals surface area contributed by atoms with E-state index >= 15 is 0 Å². The molecule has 0 amide bonds. The molecule has 0 unspecified atom stereocenters. The van der Waals surface area contributed by atoms with Gasteiger partial charge in [-0.25, -0.2) is 9.18 Å². The van der Waals surface area contributed by atoms with Crippen LogP contribution in [0.5, 0.6) is 0 Å². The van der Waals surface area contributed by atoms with Gasteiger partial charge in [0.1, 0.15) is 11.9 Å². The number of rotatable bonds is 2. The van der Waals surface area contributed by atoms with Gasteiger partial charge >= 0.3 is 5.97 Å². The Morgan fingerprint density at radius 3 is 2.80 bits per heavy atom. The van der Waals surface area contributed by atoms with Crippen LogP contribution in [0.3, 0.4) is 0 Å². The van der Waals surface area contributed by atoms with Crippen LogP contribution in [0.25, 0.3) is 5.69 Å². The number of nitrogen functional groups attached to an aromatic ring is 1. The summed E-state index contributed by atoms with van der Waals surface area (Å²) in [5, 5.41) is 9.01. The summed E-state index contributed by atoms with van der Waals surface area (Å²) in [6.07, 6.45) is 1.43. The topological polar surface area (TPSA) is 81.0 Å². The Morgan fingerprint density at radius 1 is 1.55 bits per heavy atom. The van der Waals surface area contributed by atoms with Gasteiger partial charge in [-0.3, -0.25) is 0 Å². The predicted octanol–water partition coefficient (Wildman–Crippen LogP) is 2.46. The van der Waals surface area contributed by atoms with E-state index in [0.29, 0.717) is 9.26 Å². The fourth-order valence-electron chi connectivity index (χ4n) is 1.78. The van der Waals surface area contributed by atoms with Gasteiger partial charge in [0.25, 0.3) is 0 Å². The molecule has 0 saturated heterocycles. The second-order valence-corrected chi connectivity index (χ2v) is 5.04. The first-order valence-electron chi connectivity index (χ1n) is 5.44. The summed E-state index contributed by atoms with van der Waals surface area (Å²) in [6.45, 7) is 0. The molecule has 0 aliphatic carbocycles. The fraction of sp³-hybridized carbons (Fsp3) is 0.0769. The molecular weight excluding hydrogens is 376 g/mol. The lowest BCUT2D eigenvalue weighted by molar-refractivity contribution is 0.0593. The molecule has 7 heteroatoms. The van der Waals surface area contributed by atoms with Crippen molar-refractivity contribution in [2.24, 2.45) is 0 Å². The van der Waals surface area contributed by atoms with Gasteiger partial charge in [-0.05, 0) is 40.8 Å². The van der Waals surface area contributed by atoms with E-state index in [1.54, 1.807) is 0 Å². The number of hydrogen-bond acceptors (Lipinski definition) is 4. The lowest BCUT2D eigenvalue weighted by Gasteiger charge is -2.10. The van der Waals surface area contributed by atoms with Gasteiger partial charge in [-0.1, -0.05) is 0 Å². The van der Waals surface area contributed by atoms with E-state index < -0.39 is 11.8 Å². The first-order chi connectivity index (χ1) is 9.49. The van der Waals surface area contributed by atoms with Crippen molar-refractivity contribution in [3.05, 3.63) is 45.0 Å². The molecule has 1 aromatic heterocycles. The van der Waals surface area contributed by atoms with Crippen molar-refractivity contribution >= 4 is 34.2 Å². The lowest BCUT2D eigenvalue weighted by atomic mass is 10.2. The summed E-state index contributed by atoms with van der Waals surface area (Å²) in [6, 6.07) is 5.99. The standard InChI is InChI=1S/C13H9FIN3O2/c1-20-13(19)12-11(17)7(5-16)6-18(12)10-3-2-8(14)4-9(10)15/h2-4,6H,17H2,1H3. The number of methoxy groups -OCH3 is 1. The molecule has 102 valence electrons. The Labute approximate surface area is 127 Å². The quantitative estimate of drug-likeness (QED) is 0.636. The van der Waals surface area contributed by atoms with Crippen LogP contribution in [0.15, 0.2) is 24.4 Å². The first-order valence-corrected chi connectivity index (χ1v) is 6.52. The third-order valence-corrected chi connectivity index (χ3v) is 3.58. The van der Waals surface area contributed by atoms with E-state index in [4.69, 9.17) is 11.0 Å². The molecule has 0 radical (unpaired) electrons. The first kappa shape index (κ1) is 14.3. The van der Waals surface area contributed by atoms with Crippen molar-refractivity contribution < 1.29 is 13.9 Å². The van der Waals surface area contributed by atoms with Gasteiger partial charge in [0.15, 0.2) is 5.69 Å². The maximum atomic E-state index is 13.2. The van der Waals surface area contributed by atoms with Crippen molar-refractivity contribution in [3.8, 4) is 11.8 Å². The van der Waals surface area contributed by atoms with Crippen molar-refractivity contribution in [2.75, 3.05) is 12.8 Å². The lowest BCUT2D eigenvalue weighted by Crippen LogP contribution is -2.11. The van der Waals surface area contributed by atoms with Gasteiger partial charge in [0.05, 0.1) is 24.0 Å². The molecule has 0 atom stereocenters. The summed E-state index contributed by atoms with van der Waals surface area (Å²) in [4.78, 5) is 11.8. The Hall–Kier alpha value is -2.08. The Morgan fingerprint density at radius 2 is 2.25 bits per heavy atom. The van der Waals surface area contributed by atoms with Crippen LogP contribution in [0.1, 0.15) is 16.1 Å². The third-order valence-electron chi connectivity index (χ3n) is 2.71. The van der Waals surface area contributed by atoms with Crippen LogP contribution in [-0.2, 0) is 4.74 Å². The Kier molecular flexibility index (Phi) is 3.94. The smallest absolute Gasteiger partial charge is 0.357 e. The number of carbonyl (C=O) groups excluding carboxylic acids is 1. The SMILES string of the molecule is COC(=O)c1c(N)c(C#N)cn1-c1ccc(F)cc1I. The molecule has 0 aliphatic rings. The molecule has 2 N–H and O–H groups in total. The van der Waals surface area contributed by atoms with E-state index in [1.165, 1.54) is 36.1 Å². The van der Waals surface area contributed by atoms with Crippen molar-refractivity contribution in [3.63, 3.8) is 0 Å². The monoisotopic (exact) mass is 385 g/mol. The summed E-state index contributed by atoms with van der Waals surface area (Å²) in [7, 11) is 1.22. The molecule has 1 aromatic carbocycles. The molecule has 0 bridgehead atoms. The van der Waals surface area contributed by atoms with E-state index in [9.17, 15) is 9.18 Å². The van der Waals surface area contributed by atoms with Crippen molar-refractivity contribution in [2.45, 2.75) is 0 Å². The normalized spacial score (nSPS) is 10.1. The van der Waals surface area contributed by atoms with Crippen LogP contribution in [0.2, 0.25) is 0 Å². The summed E-state index contributed by atoms with van der Waals surface area (Å²) >= 11 is 1.94. The number of halogens is 2. The zero-order valence-corrected chi connectivity index (χ0v) is 12.5. The molecule has 2 aromatic rings. The fourth-order valence-corrected chi connectivity index (χ4v) is 2.52. The van der Waals surface area contributed by atoms with Gasteiger partial charge < -0.3 is 15.0 Å².